The fourth-order valence-electron chi connectivity index (χ4n) is 4.86. The van der Waals surface area contributed by atoms with Gasteiger partial charge in [-0.15, -0.1) is 0 Å². The third kappa shape index (κ3) is 6.24. The average Bonchev–Trinajstić information content (AvgIpc) is 3.25. The number of nitrogens with zero attached hydrogens (tertiary/aromatic N) is 5. The zero-order valence-corrected chi connectivity index (χ0v) is 21.8. The van der Waals surface area contributed by atoms with Crippen LogP contribution in [0.25, 0.3) is 11.0 Å². The van der Waals surface area contributed by atoms with Crippen molar-refractivity contribution in [1.29, 1.82) is 0 Å². The molecule has 0 atom stereocenters. The van der Waals surface area contributed by atoms with E-state index in [1.807, 2.05) is 6.07 Å². The fourth-order valence-corrected chi connectivity index (χ4v) is 4.86. The van der Waals surface area contributed by atoms with Crippen LogP contribution in [0.3, 0.4) is 0 Å². The van der Waals surface area contributed by atoms with Crippen molar-refractivity contribution < 1.29 is 4.74 Å². The molecule has 1 fully saturated rings. The Morgan fingerprint density at radius 3 is 2.57 bits per heavy atom. The van der Waals surface area contributed by atoms with E-state index in [1.165, 1.54) is 18.4 Å². The summed E-state index contributed by atoms with van der Waals surface area (Å²) < 4.78 is 8.00. The van der Waals surface area contributed by atoms with Crippen LogP contribution in [0.15, 0.2) is 30.5 Å². The molecule has 1 aromatic carbocycles. The first-order valence-electron chi connectivity index (χ1n) is 13.0. The van der Waals surface area contributed by atoms with Gasteiger partial charge in [0.2, 0.25) is 5.95 Å². The first kappa shape index (κ1) is 25.3. The molecule has 0 bridgehead atoms. The Balaban J connectivity index is 1.49. The number of aromatic nitrogens is 3. The van der Waals surface area contributed by atoms with E-state index < -0.39 is 0 Å². The van der Waals surface area contributed by atoms with E-state index in [4.69, 9.17) is 10.5 Å². The van der Waals surface area contributed by atoms with Crippen LogP contribution in [-0.2, 0) is 13.1 Å². The lowest BCUT2D eigenvalue weighted by molar-refractivity contribution is 0.104. The van der Waals surface area contributed by atoms with Crippen molar-refractivity contribution in [3.63, 3.8) is 0 Å². The van der Waals surface area contributed by atoms with E-state index in [-0.39, 0.29) is 0 Å². The van der Waals surface area contributed by atoms with Gasteiger partial charge in [-0.25, -0.2) is 4.98 Å². The molecule has 8 nitrogen and oxygen atoms in total. The molecule has 1 saturated heterocycles. The van der Waals surface area contributed by atoms with E-state index in [2.05, 4.69) is 74.8 Å². The highest BCUT2D eigenvalue weighted by Crippen LogP contribution is 2.27. The number of ether oxygens (including phenoxy) is 1. The molecule has 1 aliphatic rings. The fraction of sp³-hybridized carbons (Fsp3) is 0.556. The van der Waals surface area contributed by atoms with Crippen LogP contribution in [0.2, 0.25) is 0 Å². The molecule has 0 amide bonds. The number of hydrogen-bond acceptors (Lipinski definition) is 7. The van der Waals surface area contributed by atoms with Gasteiger partial charge in [-0.05, 0) is 38.0 Å². The number of nitrogens with two attached hydrogens (primary N) is 1. The zero-order chi connectivity index (χ0) is 24.8. The van der Waals surface area contributed by atoms with Crippen molar-refractivity contribution in [2.75, 3.05) is 50.9 Å². The smallest absolute Gasteiger partial charge is 0.222 e. The van der Waals surface area contributed by atoms with Gasteiger partial charge in [0, 0.05) is 57.1 Å². The summed E-state index contributed by atoms with van der Waals surface area (Å²) in [5.74, 6) is 2.01. The van der Waals surface area contributed by atoms with E-state index in [0.717, 1.165) is 73.9 Å². The summed E-state index contributed by atoms with van der Waals surface area (Å²) in [6, 6.07) is 9.24. The van der Waals surface area contributed by atoms with E-state index in [9.17, 15) is 0 Å². The Kier molecular flexibility index (Phi) is 8.46. The maximum absolute atomic E-state index is 5.98. The number of piperazine rings is 1. The van der Waals surface area contributed by atoms with Gasteiger partial charge in [-0.2, -0.15) is 4.98 Å². The number of methoxy groups -OCH3 is 1. The third-order valence-electron chi connectivity index (χ3n) is 6.94. The van der Waals surface area contributed by atoms with Crippen molar-refractivity contribution in [2.24, 2.45) is 0 Å². The predicted molar refractivity (Wildman–Crippen MR) is 144 cm³/mol. The molecule has 35 heavy (non-hydrogen) atoms. The lowest BCUT2D eigenvalue weighted by Crippen LogP contribution is -2.48. The average molecular weight is 480 g/mol. The van der Waals surface area contributed by atoms with Crippen LogP contribution >= 0.6 is 0 Å². The number of nitrogen functional groups attached to an aromatic ring is 1. The van der Waals surface area contributed by atoms with Gasteiger partial charge < -0.3 is 20.4 Å². The molecule has 8 heteroatoms. The minimum atomic E-state index is 0.296. The van der Waals surface area contributed by atoms with Gasteiger partial charge in [0.1, 0.15) is 11.3 Å². The molecule has 0 radical (unpaired) electrons. The van der Waals surface area contributed by atoms with Crippen molar-refractivity contribution in [3.05, 3.63) is 41.6 Å². The summed E-state index contributed by atoms with van der Waals surface area (Å²) in [6.45, 7) is 13.7. The molecule has 3 heterocycles. The Morgan fingerprint density at radius 2 is 1.86 bits per heavy atom. The number of anilines is 2. The second kappa shape index (κ2) is 11.7. The molecular formula is C27H41N7O. The highest BCUT2D eigenvalue weighted by atomic mass is 16.5. The molecule has 0 unspecified atom stereocenters. The molecule has 0 saturated carbocycles. The van der Waals surface area contributed by atoms with Gasteiger partial charge in [0.25, 0.3) is 0 Å². The quantitative estimate of drug-likeness (QED) is 0.399. The van der Waals surface area contributed by atoms with Crippen LogP contribution in [0.1, 0.15) is 51.2 Å². The number of hydrogen-bond donors (Lipinski definition) is 2. The standard InChI is InChI=1S/C27H41N7O/c1-5-6-7-11-29-26-25-23(30-27(28)31-26)10-12-34(25)19-22-9-8-21(17-24(22)35-4)18-32-13-15-33(16-14-32)20(2)3/h8-10,12,17,20H,5-7,11,13-16,18-19H2,1-4H3,(H3,28,29,30,31). The monoisotopic (exact) mass is 479 g/mol. The zero-order valence-electron chi connectivity index (χ0n) is 21.8. The highest BCUT2D eigenvalue weighted by molar-refractivity contribution is 5.87. The maximum Gasteiger partial charge on any atom is 0.222 e. The first-order chi connectivity index (χ1) is 17.0. The molecule has 0 spiro atoms. The summed E-state index contributed by atoms with van der Waals surface area (Å²) in [5, 5.41) is 3.48. The summed E-state index contributed by atoms with van der Waals surface area (Å²) in [4.78, 5) is 14.0. The normalized spacial score (nSPS) is 15.2. The molecule has 3 N–H and O–H groups in total. The number of nitrogens with one attached hydrogen (secondary N) is 1. The summed E-state index contributed by atoms with van der Waals surface area (Å²) in [6.07, 6.45) is 5.53. The van der Waals surface area contributed by atoms with Crippen LogP contribution in [-0.4, -0.2) is 70.2 Å². The lowest BCUT2D eigenvalue weighted by Gasteiger charge is -2.37. The molecule has 3 aromatic rings. The molecule has 2 aromatic heterocycles. The molecule has 4 rings (SSSR count). The number of rotatable bonds is 11. The van der Waals surface area contributed by atoms with Gasteiger partial charge >= 0.3 is 0 Å². The minimum absolute atomic E-state index is 0.296. The lowest BCUT2D eigenvalue weighted by atomic mass is 10.1. The highest BCUT2D eigenvalue weighted by Gasteiger charge is 2.19. The Bertz CT molecular complexity index is 1100. The second-order valence-corrected chi connectivity index (χ2v) is 9.79. The predicted octanol–water partition coefficient (Wildman–Crippen LogP) is 4.20. The molecular weight excluding hydrogens is 438 g/mol. The first-order valence-corrected chi connectivity index (χ1v) is 13.0. The molecule has 0 aliphatic carbocycles. The summed E-state index contributed by atoms with van der Waals surface area (Å²) in [7, 11) is 1.75. The van der Waals surface area contributed by atoms with Crippen molar-refractivity contribution in [1.82, 2.24) is 24.3 Å². The van der Waals surface area contributed by atoms with E-state index in [0.29, 0.717) is 18.5 Å². The third-order valence-corrected chi connectivity index (χ3v) is 6.94. The number of fused-ring (bicyclic) bond motifs is 1. The van der Waals surface area contributed by atoms with Gasteiger partial charge in [-0.1, -0.05) is 31.9 Å². The van der Waals surface area contributed by atoms with Crippen LogP contribution in [0.4, 0.5) is 11.8 Å². The number of unbranched alkanes of at least 4 members (excludes halogenated alkanes) is 2. The topological polar surface area (TPSA) is 84.5 Å². The Hall–Kier alpha value is -2.84. The second-order valence-electron chi connectivity index (χ2n) is 9.79. The van der Waals surface area contributed by atoms with Gasteiger partial charge in [0.15, 0.2) is 5.82 Å². The van der Waals surface area contributed by atoms with Crippen molar-refractivity contribution in [2.45, 2.75) is 59.2 Å². The molecule has 1 aliphatic heterocycles. The Morgan fingerprint density at radius 1 is 1.06 bits per heavy atom. The van der Waals surface area contributed by atoms with Crippen LogP contribution in [0.5, 0.6) is 5.75 Å². The minimum Gasteiger partial charge on any atom is -0.496 e. The van der Waals surface area contributed by atoms with Crippen molar-refractivity contribution >= 4 is 22.8 Å². The van der Waals surface area contributed by atoms with Crippen molar-refractivity contribution in [3.8, 4) is 5.75 Å². The van der Waals surface area contributed by atoms with E-state index >= 15 is 0 Å². The largest absolute Gasteiger partial charge is 0.496 e. The maximum atomic E-state index is 5.98. The molecule has 190 valence electrons. The Labute approximate surface area is 209 Å². The van der Waals surface area contributed by atoms with Crippen LogP contribution in [0, 0.1) is 0 Å². The summed E-state index contributed by atoms with van der Waals surface area (Å²) >= 11 is 0. The SMILES string of the molecule is CCCCCNc1nc(N)nc2ccn(Cc3ccc(CN4CCN(C(C)C)CC4)cc3OC)c12. The van der Waals surface area contributed by atoms with E-state index in [1.54, 1.807) is 7.11 Å². The van der Waals surface area contributed by atoms with Crippen LogP contribution < -0.4 is 15.8 Å². The summed E-state index contributed by atoms with van der Waals surface area (Å²) in [5.41, 5.74) is 10.2. The van der Waals surface area contributed by atoms with Gasteiger partial charge in [-0.3, -0.25) is 9.80 Å². The number of benzene rings is 1. The van der Waals surface area contributed by atoms with Gasteiger partial charge in [0.05, 0.1) is 19.2 Å².